The standard InChI is InChI=1S/C10H13N3O4/c1-7(10(14)17-2)6-12-9-8(13(15)16)4-3-5-11-9/h3-5,7H,6H2,1-2H3,(H,11,12). The number of esters is 1. The Bertz CT molecular complexity index is 422. The molecule has 0 saturated carbocycles. The Hall–Kier alpha value is -2.18. The van der Waals surface area contributed by atoms with Gasteiger partial charge in [0.1, 0.15) is 0 Å². The fourth-order valence-electron chi connectivity index (χ4n) is 1.21. The Balaban J connectivity index is 2.69. The average Bonchev–Trinajstić information content (AvgIpc) is 2.35. The summed E-state index contributed by atoms with van der Waals surface area (Å²) >= 11 is 0. The van der Waals surface area contributed by atoms with E-state index in [0.717, 1.165) is 0 Å². The normalized spacial score (nSPS) is 11.6. The summed E-state index contributed by atoms with van der Waals surface area (Å²) in [5.41, 5.74) is -0.121. The SMILES string of the molecule is COC(=O)C(C)CNc1ncccc1[N+](=O)[O-]. The van der Waals surface area contributed by atoms with Crippen molar-refractivity contribution in [2.24, 2.45) is 5.92 Å². The van der Waals surface area contributed by atoms with Crippen LogP contribution in [0.5, 0.6) is 0 Å². The molecule has 0 saturated heterocycles. The largest absolute Gasteiger partial charge is 0.469 e. The number of carbonyl (C=O) groups is 1. The van der Waals surface area contributed by atoms with Gasteiger partial charge in [-0.25, -0.2) is 4.98 Å². The van der Waals surface area contributed by atoms with Crippen molar-refractivity contribution < 1.29 is 14.5 Å². The van der Waals surface area contributed by atoms with E-state index in [2.05, 4.69) is 15.0 Å². The first-order chi connectivity index (χ1) is 8.06. The van der Waals surface area contributed by atoms with Crippen molar-refractivity contribution in [1.82, 2.24) is 4.98 Å². The van der Waals surface area contributed by atoms with Crippen LogP contribution in [0.1, 0.15) is 6.92 Å². The number of nitrogens with zero attached hydrogens (tertiary/aromatic N) is 2. The van der Waals surface area contributed by atoms with E-state index in [1.807, 2.05) is 0 Å². The minimum atomic E-state index is -0.530. The highest BCUT2D eigenvalue weighted by molar-refractivity contribution is 5.72. The number of nitro groups is 1. The fraction of sp³-hybridized carbons (Fsp3) is 0.400. The average molecular weight is 239 g/mol. The second-order valence-corrected chi connectivity index (χ2v) is 3.43. The monoisotopic (exact) mass is 239 g/mol. The second-order valence-electron chi connectivity index (χ2n) is 3.43. The molecule has 0 bridgehead atoms. The molecule has 0 aliphatic heterocycles. The maximum atomic E-state index is 11.1. The van der Waals surface area contributed by atoms with Crippen LogP contribution in [-0.4, -0.2) is 29.5 Å². The zero-order chi connectivity index (χ0) is 12.8. The number of hydrogen-bond donors (Lipinski definition) is 1. The van der Waals surface area contributed by atoms with Gasteiger partial charge in [0.2, 0.25) is 5.82 Å². The van der Waals surface area contributed by atoms with Crippen LogP contribution in [0.2, 0.25) is 0 Å². The molecule has 1 aromatic heterocycles. The van der Waals surface area contributed by atoms with E-state index in [0.29, 0.717) is 0 Å². The summed E-state index contributed by atoms with van der Waals surface area (Å²) in [6.45, 7) is 1.89. The molecular formula is C10H13N3O4. The number of anilines is 1. The van der Waals surface area contributed by atoms with Gasteiger partial charge in [0.25, 0.3) is 0 Å². The van der Waals surface area contributed by atoms with E-state index in [1.165, 1.54) is 25.4 Å². The van der Waals surface area contributed by atoms with Gasteiger partial charge < -0.3 is 10.1 Å². The number of aromatic nitrogens is 1. The van der Waals surface area contributed by atoms with Gasteiger partial charge in [-0.3, -0.25) is 14.9 Å². The van der Waals surface area contributed by atoms with Crippen LogP contribution in [0.4, 0.5) is 11.5 Å². The number of pyridine rings is 1. The van der Waals surface area contributed by atoms with Gasteiger partial charge in [0.15, 0.2) is 0 Å². The summed E-state index contributed by atoms with van der Waals surface area (Å²) in [5.74, 6) is -0.633. The Kier molecular flexibility index (Phi) is 4.38. The predicted molar refractivity (Wildman–Crippen MR) is 60.6 cm³/mol. The first-order valence-electron chi connectivity index (χ1n) is 4.97. The summed E-state index contributed by atoms with van der Waals surface area (Å²) < 4.78 is 4.54. The number of ether oxygens (including phenoxy) is 1. The molecule has 1 rings (SSSR count). The molecule has 1 heterocycles. The highest BCUT2D eigenvalue weighted by atomic mass is 16.6. The van der Waals surface area contributed by atoms with Crippen LogP contribution in [0.15, 0.2) is 18.3 Å². The minimum Gasteiger partial charge on any atom is -0.469 e. The predicted octanol–water partition coefficient (Wildman–Crippen LogP) is 1.21. The van der Waals surface area contributed by atoms with Crippen molar-refractivity contribution in [1.29, 1.82) is 0 Å². The molecule has 0 aliphatic rings. The van der Waals surface area contributed by atoms with E-state index in [4.69, 9.17) is 0 Å². The van der Waals surface area contributed by atoms with Crippen LogP contribution in [-0.2, 0) is 9.53 Å². The highest BCUT2D eigenvalue weighted by Gasteiger charge is 2.17. The lowest BCUT2D eigenvalue weighted by Gasteiger charge is -2.10. The first-order valence-corrected chi connectivity index (χ1v) is 4.97. The molecular weight excluding hydrogens is 226 g/mol. The molecule has 1 N–H and O–H groups in total. The van der Waals surface area contributed by atoms with Crippen molar-refractivity contribution in [3.05, 3.63) is 28.4 Å². The van der Waals surface area contributed by atoms with E-state index in [1.54, 1.807) is 6.92 Å². The van der Waals surface area contributed by atoms with Crippen LogP contribution >= 0.6 is 0 Å². The van der Waals surface area contributed by atoms with Gasteiger partial charge in [-0.1, -0.05) is 6.92 Å². The minimum absolute atomic E-state index is 0.121. The lowest BCUT2D eigenvalue weighted by molar-refractivity contribution is -0.384. The Labute approximate surface area is 98.0 Å². The van der Waals surface area contributed by atoms with Crippen molar-refractivity contribution >= 4 is 17.5 Å². The number of carbonyl (C=O) groups excluding carboxylic acids is 1. The molecule has 7 heteroatoms. The third kappa shape index (κ3) is 3.40. The molecule has 0 aromatic carbocycles. The molecule has 0 fully saturated rings. The number of nitrogens with one attached hydrogen (secondary N) is 1. The van der Waals surface area contributed by atoms with Gasteiger partial charge in [-0.2, -0.15) is 0 Å². The van der Waals surface area contributed by atoms with Crippen LogP contribution in [0.25, 0.3) is 0 Å². The van der Waals surface area contributed by atoms with Crippen molar-refractivity contribution in [3.63, 3.8) is 0 Å². The quantitative estimate of drug-likeness (QED) is 0.471. The number of methoxy groups -OCH3 is 1. The van der Waals surface area contributed by atoms with Gasteiger partial charge >= 0.3 is 11.7 Å². The third-order valence-corrected chi connectivity index (χ3v) is 2.16. The lowest BCUT2D eigenvalue weighted by Crippen LogP contribution is -2.22. The van der Waals surface area contributed by atoms with Gasteiger partial charge in [-0.05, 0) is 6.07 Å². The molecule has 0 spiro atoms. The lowest BCUT2D eigenvalue weighted by atomic mass is 10.2. The molecule has 17 heavy (non-hydrogen) atoms. The van der Waals surface area contributed by atoms with Crippen LogP contribution in [0, 0.1) is 16.0 Å². The summed E-state index contributed by atoms with van der Waals surface area (Å²) in [4.78, 5) is 25.1. The van der Waals surface area contributed by atoms with Crippen LogP contribution in [0.3, 0.4) is 0 Å². The zero-order valence-electron chi connectivity index (χ0n) is 9.54. The topological polar surface area (TPSA) is 94.4 Å². The smallest absolute Gasteiger partial charge is 0.311 e. The summed E-state index contributed by atoms with van der Waals surface area (Å²) in [6, 6.07) is 2.82. The number of hydrogen-bond acceptors (Lipinski definition) is 6. The molecule has 0 amide bonds. The Morgan fingerprint density at radius 3 is 3.00 bits per heavy atom. The molecule has 1 unspecified atom stereocenters. The maximum absolute atomic E-state index is 11.1. The third-order valence-electron chi connectivity index (χ3n) is 2.16. The van der Waals surface area contributed by atoms with Gasteiger partial charge in [0, 0.05) is 18.8 Å². The van der Waals surface area contributed by atoms with Gasteiger partial charge in [0.05, 0.1) is 18.0 Å². The van der Waals surface area contributed by atoms with E-state index < -0.39 is 10.8 Å². The molecule has 7 nitrogen and oxygen atoms in total. The fourth-order valence-corrected chi connectivity index (χ4v) is 1.21. The van der Waals surface area contributed by atoms with E-state index in [9.17, 15) is 14.9 Å². The van der Waals surface area contributed by atoms with Crippen molar-refractivity contribution in [2.45, 2.75) is 6.92 Å². The molecule has 0 aliphatic carbocycles. The van der Waals surface area contributed by atoms with Gasteiger partial charge in [-0.15, -0.1) is 0 Å². The van der Waals surface area contributed by atoms with E-state index in [-0.39, 0.29) is 24.0 Å². The molecule has 92 valence electrons. The molecule has 0 radical (unpaired) electrons. The maximum Gasteiger partial charge on any atom is 0.311 e. The zero-order valence-corrected chi connectivity index (χ0v) is 9.54. The Morgan fingerprint density at radius 2 is 2.41 bits per heavy atom. The summed E-state index contributed by atoms with van der Waals surface area (Å²) in [5, 5.41) is 13.4. The van der Waals surface area contributed by atoms with Crippen LogP contribution < -0.4 is 5.32 Å². The van der Waals surface area contributed by atoms with Crippen molar-refractivity contribution in [2.75, 3.05) is 19.0 Å². The Morgan fingerprint density at radius 1 is 1.71 bits per heavy atom. The van der Waals surface area contributed by atoms with Crippen molar-refractivity contribution in [3.8, 4) is 0 Å². The summed E-state index contributed by atoms with van der Waals surface area (Å²) in [7, 11) is 1.29. The highest BCUT2D eigenvalue weighted by Crippen LogP contribution is 2.20. The molecule has 1 aromatic rings. The molecule has 1 atom stereocenters. The number of rotatable bonds is 5. The first kappa shape index (κ1) is 12.9. The second kappa shape index (κ2) is 5.78. The van der Waals surface area contributed by atoms with E-state index >= 15 is 0 Å². The summed E-state index contributed by atoms with van der Waals surface area (Å²) in [6.07, 6.45) is 1.44.